The molecule has 0 spiro atoms. The van der Waals surface area contributed by atoms with Gasteiger partial charge in [-0.25, -0.2) is 0 Å². The van der Waals surface area contributed by atoms with E-state index in [4.69, 9.17) is 23.7 Å². The van der Waals surface area contributed by atoms with Gasteiger partial charge in [0.2, 0.25) is 0 Å². The number of fused-ring (bicyclic) bond motifs is 1. The van der Waals surface area contributed by atoms with Gasteiger partial charge in [0.1, 0.15) is 6.10 Å². The first-order valence-corrected chi connectivity index (χ1v) is 12.2. The Morgan fingerprint density at radius 1 is 1.03 bits per heavy atom. The minimum atomic E-state index is -0.655. The van der Waals surface area contributed by atoms with Crippen LogP contribution in [0, 0.1) is 23.7 Å². The Kier molecular flexibility index (Phi) is 8.83. The van der Waals surface area contributed by atoms with Gasteiger partial charge in [0.05, 0.1) is 12.2 Å². The van der Waals surface area contributed by atoms with Crippen molar-refractivity contribution in [2.24, 2.45) is 11.8 Å². The highest BCUT2D eigenvalue weighted by Crippen LogP contribution is 2.45. The van der Waals surface area contributed by atoms with Crippen molar-refractivity contribution in [3.63, 3.8) is 0 Å². The zero-order valence-corrected chi connectivity index (χ0v) is 18.7. The van der Waals surface area contributed by atoms with Gasteiger partial charge >= 0.3 is 0 Å². The van der Waals surface area contributed by atoms with E-state index < -0.39 is 6.29 Å². The molecule has 0 amide bonds. The Morgan fingerprint density at radius 2 is 1.94 bits per heavy atom. The third-order valence-electron chi connectivity index (χ3n) is 6.87. The Morgan fingerprint density at radius 3 is 2.77 bits per heavy atom. The van der Waals surface area contributed by atoms with Crippen LogP contribution in [0.4, 0.5) is 0 Å². The molecule has 0 bridgehead atoms. The Bertz CT molecular complexity index is 634. The number of unbranched alkanes of at least 4 members (excludes halogenated alkanes) is 2. The van der Waals surface area contributed by atoms with Crippen molar-refractivity contribution in [1.82, 2.24) is 0 Å². The fraction of sp³-hybridized carbons (Fsp3) is 0.840. The van der Waals surface area contributed by atoms with Gasteiger partial charge in [-0.1, -0.05) is 12.2 Å². The van der Waals surface area contributed by atoms with Crippen LogP contribution >= 0.6 is 0 Å². The van der Waals surface area contributed by atoms with Crippen LogP contribution in [0.25, 0.3) is 0 Å². The lowest BCUT2D eigenvalue weighted by Gasteiger charge is -2.37. The predicted octanol–water partition coefficient (Wildman–Crippen LogP) is 3.91. The number of hydrogen-bond donors (Lipinski definition) is 1. The molecule has 4 fully saturated rings. The van der Waals surface area contributed by atoms with Gasteiger partial charge in [0, 0.05) is 38.4 Å². The summed E-state index contributed by atoms with van der Waals surface area (Å²) in [6, 6.07) is 0. The lowest BCUT2D eigenvalue weighted by Crippen LogP contribution is -2.44. The zero-order chi connectivity index (χ0) is 21.5. The summed E-state index contributed by atoms with van der Waals surface area (Å²) >= 11 is 0. The monoisotopic (exact) mass is 434 g/mol. The van der Waals surface area contributed by atoms with Gasteiger partial charge in [-0.2, -0.15) is 0 Å². The van der Waals surface area contributed by atoms with Crippen LogP contribution in [0.2, 0.25) is 0 Å². The van der Waals surface area contributed by atoms with Crippen LogP contribution in [0.1, 0.15) is 71.1 Å². The number of rotatable bonds is 8. The molecular weight excluding hydrogens is 396 g/mol. The van der Waals surface area contributed by atoms with Gasteiger partial charge in [-0.15, -0.1) is 11.8 Å². The average molecular weight is 435 g/mol. The highest BCUT2D eigenvalue weighted by Gasteiger charge is 2.50. The maximum absolute atomic E-state index is 9.99. The SMILES string of the molecule is CC#CCCC/C=C/[C@@H]1[C@H]2CC(O)O[C@H]2C[C@H]1OC1OCCC[C@@H]1OC1CCCCO1. The van der Waals surface area contributed by atoms with Gasteiger partial charge in [0.25, 0.3) is 0 Å². The summed E-state index contributed by atoms with van der Waals surface area (Å²) in [6.07, 6.45) is 12.9. The molecule has 1 saturated carbocycles. The van der Waals surface area contributed by atoms with E-state index in [9.17, 15) is 5.11 Å². The van der Waals surface area contributed by atoms with Crippen LogP contribution in [-0.4, -0.2) is 55.5 Å². The minimum Gasteiger partial charge on any atom is -0.368 e. The fourth-order valence-electron chi connectivity index (χ4n) is 5.31. The molecule has 3 unspecified atom stereocenters. The molecule has 4 aliphatic rings. The van der Waals surface area contributed by atoms with E-state index >= 15 is 0 Å². The summed E-state index contributed by atoms with van der Waals surface area (Å²) in [5, 5.41) is 9.99. The van der Waals surface area contributed by atoms with Crippen molar-refractivity contribution < 1.29 is 28.8 Å². The Balaban J connectivity index is 1.36. The van der Waals surface area contributed by atoms with Gasteiger partial charge < -0.3 is 28.8 Å². The lowest BCUT2D eigenvalue weighted by atomic mass is 9.91. The van der Waals surface area contributed by atoms with Crippen molar-refractivity contribution in [3.8, 4) is 11.8 Å². The molecule has 4 rings (SSSR count). The molecule has 31 heavy (non-hydrogen) atoms. The molecule has 0 aromatic carbocycles. The van der Waals surface area contributed by atoms with Crippen LogP contribution in [-0.2, 0) is 23.7 Å². The first kappa shape index (κ1) is 23.2. The van der Waals surface area contributed by atoms with Gasteiger partial charge in [-0.05, 0) is 57.8 Å². The molecule has 0 aromatic heterocycles. The first-order chi connectivity index (χ1) is 15.2. The second kappa shape index (κ2) is 11.8. The van der Waals surface area contributed by atoms with E-state index in [1.54, 1.807) is 0 Å². The maximum Gasteiger partial charge on any atom is 0.184 e. The molecule has 3 heterocycles. The third kappa shape index (κ3) is 6.31. The molecule has 6 heteroatoms. The molecule has 3 aliphatic heterocycles. The van der Waals surface area contributed by atoms with Crippen molar-refractivity contribution in [2.45, 2.75) is 108 Å². The summed E-state index contributed by atoms with van der Waals surface area (Å²) in [5.74, 6) is 6.57. The number of hydrogen-bond acceptors (Lipinski definition) is 6. The number of allylic oxidation sites excluding steroid dienone is 1. The standard InChI is InChI=1S/C25H38O6/c1-2-3-4-5-6-7-11-18-19-16-23(26)29-22(19)17-21(18)31-25-20(12-10-15-28-25)30-24-13-8-9-14-27-24/h7,11,18-26H,4-6,8-10,12-17H2,1H3/b11-7+/t18-,19-,20+,21-,22+,23?,24?,25?/m1/s1. The highest BCUT2D eigenvalue weighted by molar-refractivity contribution is 5.06. The average Bonchev–Trinajstić information content (AvgIpc) is 3.28. The van der Waals surface area contributed by atoms with Crippen molar-refractivity contribution in [1.29, 1.82) is 0 Å². The first-order valence-electron chi connectivity index (χ1n) is 12.2. The summed E-state index contributed by atoms with van der Waals surface area (Å²) < 4.78 is 30.4. The second-order valence-corrected chi connectivity index (χ2v) is 9.12. The molecule has 1 N–H and O–H groups in total. The highest BCUT2D eigenvalue weighted by atomic mass is 16.7. The van der Waals surface area contributed by atoms with Gasteiger partial charge in [0.15, 0.2) is 18.9 Å². The topological polar surface area (TPSA) is 66.4 Å². The number of ether oxygens (including phenoxy) is 5. The maximum atomic E-state index is 9.99. The van der Waals surface area contributed by atoms with Crippen molar-refractivity contribution in [3.05, 3.63) is 12.2 Å². The van der Waals surface area contributed by atoms with E-state index in [1.807, 2.05) is 6.92 Å². The van der Waals surface area contributed by atoms with Crippen LogP contribution in [0.5, 0.6) is 0 Å². The predicted molar refractivity (Wildman–Crippen MR) is 116 cm³/mol. The fourth-order valence-corrected chi connectivity index (χ4v) is 5.31. The smallest absolute Gasteiger partial charge is 0.184 e. The molecular formula is C25H38O6. The van der Waals surface area contributed by atoms with Crippen LogP contribution < -0.4 is 0 Å². The molecule has 3 saturated heterocycles. The molecule has 174 valence electrons. The van der Waals surface area contributed by atoms with Gasteiger partial charge in [-0.3, -0.25) is 0 Å². The summed E-state index contributed by atoms with van der Waals surface area (Å²) in [6.45, 7) is 3.35. The minimum absolute atomic E-state index is 0.00987. The summed E-state index contributed by atoms with van der Waals surface area (Å²) in [5.41, 5.74) is 0. The Hall–Kier alpha value is -0.940. The second-order valence-electron chi connectivity index (χ2n) is 9.12. The largest absolute Gasteiger partial charge is 0.368 e. The van der Waals surface area contributed by atoms with Crippen molar-refractivity contribution in [2.75, 3.05) is 13.2 Å². The quantitative estimate of drug-likeness (QED) is 0.355. The normalized spacial score (nSPS) is 40.6. The van der Waals surface area contributed by atoms with E-state index in [2.05, 4.69) is 24.0 Å². The van der Waals surface area contributed by atoms with E-state index in [1.165, 1.54) is 0 Å². The summed E-state index contributed by atoms with van der Waals surface area (Å²) in [4.78, 5) is 0. The van der Waals surface area contributed by atoms with Crippen LogP contribution in [0.15, 0.2) is 12.2 Å². The Labute approximate surface area is 186 Å². The zero-order valence-electron chi connectivity index (χ0n) is 18.7. The van der Waals surface area contributed by atoms with Crippen LogP contribution in [0.3, 0.4) is 0 Å². The molecule has 6 nitrogen and oxygen atoms in total. The molecule has 0 aromatic rings. The van der Waals surface area contributed by atoms with E-state index in [-0.39, 0.29) is 42.7 Å². The molecule has 8 atom stereocenters. The number of aliphatic hydroxyl groups is 1. The van der Waals surface area contributed by atoms with E-state index in [0.717, 1.165) is 64.4 Å². The number of aliphatic hydroxyl groups excluding tert-OH is 1. The third-order valence-corrected chi connectivity index (χ3v) is 6.87. The van der Waals surface area contributed by atoms with Crippen molar-refractivity contribution >= 4 is 0 Å². The lowest BCUT2D eigenvalue weighted by molar-refractivity contribution is -0.289. The van der Waals surface area contributed by atoms with E-state index in [0.29, 0.717) is 13.0 Å². The molecule has 1 aliphatic carbocycles. The summed E-state index contributed by atoms with van der Waals surface area (Å²) in [7, 11) is 0. The molecule has 0 radical (unpaired) electrons.